The number of carbonyl (C=O) groups is 1. The average molecular weight is 192 g/mol. The molecule has 0 aliphatic heterocycles. The molecule has 3 heteroatoms. The van der Waals surface area contributed by atoms with E-state index in [1.807, 2.05) is 30.3 Å². The predicted octanol–water partition coefficient (Wildman–Crippen LogP) is 1.23. The van der Waals surface area contributed by atoms with Crippen LogP contribution in [-0.4, -0.2) is 24.3 Å². The molecular weight excluding hydrogens is 180 g/mol. The van der Waals surface area contributed by atoms with Gasteiger partial charge in [-0.1, -0.05) is 36.4 Å². The van der Waals surface area contributed by atoms with Crippen LogP contribution >= 0.6 is 0 Å². The number of benzene rings is 1. The van der Waals surface area contributed by atoms with Gasteiger partial charge in [-0.2, -0.15) is 0 Å². The summed E-state index contributed by atoms with van der Waals surface area (Å²) in [4.78, 5) is 10.8. The molecule has 0 aliphatic rings. The summed E-state index contributed by atoms with van der Waals surface area (Å²) in [5.74, 6) is -0.655. The van der Waals surface area contributed by atoms with Gasteiger partial charge in [0.05, 0.1) is 7.11 Å². The van der Waals surface area contributed by atoms with Gasteiger partial charge in [-0.25, -0.2) is 4.79 Å². The SMILES string of the molecule is COC(=O)[C@@H](O)/C=C/c1ccccc1. The fourth-order valence-electron chi connectivity index (χ4n) is 0.966. The molecule has 0 radical (unpaired) electrons. The number of ether oxygens (including phenoxy) is 1. The van der Waals surface area contributed by atoms with Crippen molar-refractivity contribution in [3.05, 3.63) is 42.0 Å². The van der Waals surface area contributed by atoms with Gasteiger partial charge in [0, 0.05) is 0 Å². The Morgan fingerprint density at radius 1 is 1.43 bits per heavy atom. The zero-order valence-corrected chi connectivity index (χ0v) is 7.88. The number of methoxy groups -OCH3 is 1. The molecule has 0 aliphatic carbocycles. The molecule has 0 saturated carbocycles. The molecule has 0 heterocycles. The number of carbonyl (C=O) groups excluding carboxylic acids is 1. The first kappa shape index (κ1) is 10.5. The fraction of sp³-hybridized carbons (Fsp3) is 0.182. The first-order chi connectivity index (χ1) is 6.74. The molecule has 0 amide bonds. The van der Waals surface area contributed by atoms with E-state index in [0.29, 0.717) is 0 Å². The van der Waals surface area contributed by atoms with E-state index in [1.165, 1.54) is 13.2 Å². The maximum absolute atomic E-state index is 10.8. The van der Waals surface area contributed by atoms with E-state index in [4.69, 9.17) is 0 Å². The molecule has 3 nitrogen and oxygen atoms in total. The standard InChI is InChI=1S/C11H12O3/c1-14-11(13)10(12)8-7-9-5-3-2-4-6-9/h2-8,10,12H,1H3/b8-7+/t10-/m0/s1. The number of aliphatic hydroxyl groups is 1. The van der Waals surface area contributed by atoms with Gasteiger partial charge in [0.15, 0.2) is 6.10 Å². The van der Waals surface area contributed by atoms with Gasteiger partial charge in [-0.3, -0.25) is 0 Å². The molecule has 0 unspecified atom stereocenters. The molecule has 1 aromatic carbocycles. The second kappa shape index (κ2) is 5.19. The molecule has 1 N–H and O–H groups in total. The Morgan fingerprint density at radius 3 is 2.64 bits per heavy atom. The highest BCUT2D eigenvalue weighted by atomic mass is 16.5. The van der Waals surface area contributed by atoms with E-state index in [-0.39, 0.29) is 0 Å². The van der Waals surface area contributed by atoms with Gasteiger partial charge < -0.3 is 9.84 Å². The van der Waals surface area contributed by atoms with Crippen molar-refractivity contribution in [3.63, 3.8) is 0 Å². The van der Waals surface area contributed by atoms with Gasteiger partial charge in [-0.05, 0) is 11.6 Å². The first-order valence-electron chi connectivity index (χ1n) is 4.23. The van der Waals surface area contributed by atoms with E-state index >= 15 is 0 Å². The fourth-order valence-corrected chi connectivity index (χ4v) is 0.966. The van der Waals surface area contributed by atoms with Crippen molar-refractivity contribution in [3.8, 4) is 0 Å². The van der Waals surface area contributed by atoms with Gasteiger partial charge in [0.25, 0.3) is 0 Å². The third-order valence-electron chi connectivity index (χ3n) is 1.71. The third kappa shape index (κ3) is 3.03. The highest BCUT2D eigenvalue weighted by molar-refractivity contribution is 5.77. The quantitative estimate of drug-likeness (QED) is 0.733. The smallest absolute Gasteiger partial charge is 0.338 e. The second-order valence-corrected chi connectivity index (χ2v) is 2.74. The molecule has 0 spiro atoms. The summed E-state index contributed by atoms with van der Waals surface area (Å²) in [5, 5.41) is 9.22. The van der Waals surface area contributed by atoms with Crippen molar-refractivity contribution in [1.29, 1.82) is 0 Å². The van der Waals surface area contributed by atoms with Gasteiger partial charge in [-0.15, -0.1) is 0 Å². The molecule has 0 saturated heterocycles. The maximum Gasteiger partial charge on any atom is 0.338 e. The lowest BCUT2D eigenvalue weighted by molar-refractivity contribution is -0.147. The molecule has 74 valence electrons. The zero-order chi connectivity index (χ0) is 10.4. The van der Waals surface area contributed by atoms with Crippen LogP contribution in [-0.2, 0) is 9.53 Å². The van der Waals surface area contributed by atoms with Crippen molar-refractivity contribution < 1.29 is 14.6 Å². The molecule has 0 bridgehead atoms. The zero-order valence-electron chi connectivity index (χ0n) is 7.88. The van der Waals surface area contributed by atoms with Crippen LogP contribution in [0.25, 0.3) is 6.08 Å². The Hall–Kier alpha value is -1.61. The molecular formula is C11H12O3. The number of aliphatic hydroxyl groups excluding tert-OH is 1. The van der Waals surface area contributed by atoms with Crippen molar-refractivity contribution in [1.82, 2.24) is 0 Å². The van der Waals surface area contributed by atoms with Gasteiger partial charge >= 0.3 is 5.97 Å². The number of hydrogen-bond acceptors (Lipinski definition) is 3. The lowest BCUT2D eigenvalue weighted by Gasteiger charge is -2.01. The third-order valence-corrected chi connectivity index (χ3v) is 1.71. The Balaban J connectivity index is 2.60. The average Bonchev–Trinajstić information content (AvgIpc) is 2.26. The molecule has 1 atom stereocenters. The Morgan fingerprint density at radius 2 is 2.07 bits per heavy atom. The van der Waals surface area contributed by atoms with Gasteiger partial charge in [0.2, 0.25) is 0 Å². The molecule has 0 aromatic heterocycles. The van der Waals surface area contributed by atoms with Crippen molar-refractivity contribution in [2.24, 2.45) is 0 Å². The summed E-state index contributed by atoms with van der Waals surface area (Å²) in [7, 11) is 1.24. The van der Waals surface area contributed by atoms with Crippen molar-refractivity contribution >= 4 is 12.0 Å². The van der Waals surface area contributed by atoms with Crippen LogP contribution in [0.3, 0.4) is 0 Å². The molecule has 0 fully saturated rings. The van der Waals surface area contributed by atoms with Crippen LogP contribution in [0.15, 0.2) is 36.4 Å². The lowest BCUT2D eigenvalue weighted by atomic mass is 10.2. The minimum absolute atomic E-state index is 0.655. The summed E-state index contributed by atoms with van der Waals surface area (Å²) in [5.41, 5.74) is 0.926. The molecule has 1 aromatic rings. The predicted molar refractivity (Wildman–Crippen MR) is 53.5 cm³/mol. The summed E-state index contributed by atoms with van der Waals surface area (Å²) in [6, 6.07) is 9.41. The minimum Gasteiger partial charge on any atom is -0.467 e. The summed E-state index contributed by atoms with van der Waals surface area (Å²) in [6.07, 6.45) is 1.86. The maximum atomic E-state index is 10.8. The van der Waals surface area contributed by atoms with E-state index in [1.54, 1.807) is 6.08 Å². The Bertz CT molecular complexity index is 317. The molecule has 1 rings (SSSR count). The van der Waals surface area contributed by atoms with E-state index < -0.39 is 12.1 Å². The van der Waals surface area contributed by atoms with Gasteiger partial charge in [0.1, 0.15) is 0 Å². The van der Waals surface area contributed by atoms with Crippen LogP contribution in [0.4, 0.5) is 0 Å². The lowest BCUT2D eigenvalue weighted by Crippen LogP contribution is -2.18. The van der Waals surface area contributed by atoms with Crippen LogP contribution in [0.2, 0.25) is 0 Å². The van der Waals surface area contributed by atoms with Crippen molar-refractivity contribution in [2.45, 2.75) is 6.10 Å². The Kier molecular flexibility index (Phi) is 3.88. The summed E-state index contributed by atoms with van der Waals surface area (Å²) < 4.78 is 4.36. The summed E-state index contributed by atoms with van der Waals surface area (Å²) in [6.45, 7) is 0. The highest BCUT2D eigenvalue weighted by Gasteiger charge is 2.09. The Labute approximate surface area is 82.6 Å². The number of hydrogen-bond donors (Lipinski definition) is 1. The van der Waals surface area contributed by atoms with Crippen LogP contribution in [0, 0.1) is 0 Å². The first-order valence-corrected chi connectivity index (χ1v) is 4.23. The monoisotopic (exact) mass is 192 g/mol. The van der Waals surface area contributed by atoms with E-state index in [0.717, 1.165) is 5.56 Å². The topological polar surface area (TPSA) is 46.5 Å². The summed E-state index contributed by atoms with van der Waals surface area (Å²) >= 11 is 0. The highest BCUT2D eigenvalue weighted by Crippen LogP contribution is 2.02. The van der Waals surface area contributed by atoms with E-state index in [9.17, 15) is 9.90 Å². The molecule has 14 heavy (non-hydrogen) atoms. The van der Waals surface area contributed by atoms with E-state index in [2.05, 4.69) is 4.74 Å². The number of esters is 1. The second-order valence-electron chi connectivity index (χ2n) is 2.74. The minimum atomic E-state index is -1.19. The van der Waals surface area contributed by atoms with Crippen molar-refractivity contribution in [2.75, 3.05) is 7.11 Å². The largest absolute Gasteiger partial charge is 0.467 e. The number of rotatable bonds is 3. The van der Waals surface area contributed by atoms with Crippen LogP contribution in [0.5, 0.6) is 0 Å². The normalized spacial score (nSPS) is 12.7. The van der Waals surface area contributed by atoms with Crippen LogP contribution in [0.1, 0.15) is 5.56 Å². The van der Waals surface area contributed by atoms with Crippen LogP contribution < -0.4 is 0 Å².